The molecule has 0 bridgehead atoms. The molecule has 0 radical (unpaired) electrons. The molecule has 4 N–H and O–H groups in total. The fraction of sp³-hybridized carbons (Fsp3) is 0.348. The third-order valence-corrected chi connectivity index (χ3v) is 5.51. The van der Waals surface area contributed by atoms with Crippen LogP contribution in [0.2, 0.25) is 5.02 Å². The molecule has 2 heterocycles. The fourth-order valence-electron chi connectivity index (χ4n) is 3.88. The van der Waals surface area contributed by atoms with Crippen LogP contribution >= 0.6 is 11.6 Å². The minimum atomic E-state index is 0.0115. The summed E-state index contributed by atoms with van der Waals surface area (Å²) in [4.78, 5) is 33.4. The van der Waals surface area contributed by atoms with Crippen molar-refractivity contribution in [3.8, 4) is 0 Å². The van der Waals surface area contributed by atoms with Crippen LogP contribution in [0.15, 0.2) is 42.5 Å². The molecule has 4 rings (SSSR count). The Morgan fingerprint density at radius 1 is 1.09 bits per heavy atom. The first-order valence-electron chi connectivity index (χ1n) is 10.3. The molecular weight excluding hydrogens is 448 g/mol. The van der Waals surface area contributed by atoms with Crippen LogP contribution in [0.5, 0.6) is 0 Å². The van der Waals surface area contributed by atoms with Gasteiger partial charge in [-0.3, -0.25) is 14.4 Å². The van der Waals surface area contributed by atoms with Gasteiger partial charge in [0, 0.05) is 22.9 Å². The number of amides is 3. The largest absolute Gasteiger partial charge is 0.372 e. The molecule has 2 aromatic carbocycles. The van der Waals surface area contributed by atoms with E-state index in [0.717, 1.165) is 22.0 Å². The van der Waals surface area contributed by atoms with Gasteiger partial charge in [0.25, 0.3) is 5.91 Å². The second-order valence-electron chi connectivity index (χ2n) is 7.31. The van der Waals surface area contributed by atoms with Gasteiger partial charge in [-0.2, -0.15) is 0 Å². The third-order valence-electron chi connectivity index (χ3n) is 5.25. The number of nitrogens with two attached hydrogens (primary N) is 2. The highest BCUT2D eigenvalue weighted by Gasteiger charge is 2.34. The lowest BCUT2D eigenvalue weighted by Gasteiger charge is -2.30. The Balaban J connectivity index is 0.000000582. The molecule has 2 fully saturated rings. The molecule has 178 valence electrons. The van der Waals surface area contributed by atoms with E-state index in [1.54, 1.807) is 0 Å². The lowest BCUT2D eigenvalue weighted by Crippen LogP contribution is -2.42. The number of nitrogens with zero attached hydrogens (tertiary/aromatic N) is 2. The van der Waals surface area contributed by atoms with Gasteiger partial charge in [-0.25, -0.2) is 0 Å². The van der Waals surface area contributed by atoms with Crippen molar-refractivity contribution in [1.29, 1.82) is 0 Å². The van der Waals surface area contributed by atoms with Gasteiger partial charge in [-0.15, -0.1) is 0 Å². The van der Waals surface area contributed by atoms with E-state index in [4.69, 9.17) is 30.7 Å². The minimum absolute atomic E-state index is 0.0115. The summed E-state index contributed by atoms with van der Waals surface area (Å²) in [7, 11) is 0. The predicted octanol–water partition coefficient (Wildman–Crippen LogP) is 2.14. The van der Waals surface area contributed by atoms with E-state index in [0.29, 0.717) is 19.9 Å². The molecule has 2 atom stereocenters. The summed E-state index contributed by atoms with van der Waals surface area (Å²) in [5, 5.41) is 0.721. The summed E-state index contributed by atoms with van der Waals surface area (Å²) in [6.07, 6.45) is 0.566. The van der Waals surface area contributed by atoms with Crippen LogP contribution in [0, 0.1) is 6.92 Å². The highest BCUT2D eigenvalue weighted by molar-refractivity contribution is 6.30. The molecule has 2 saturated heterocycles. The Morgan fingerprint density at radius 2 is 1.73 bits per heavy atom. The molecule has 10 heteroatoms. The lowest BCUT2D eigenvalue weighted by atomic mass is 9.98. The maximum atomic E-state index is 12.2. The molecule has 0 spiro atoms. The van der Waals surface area contributed by atoms with Crippen LogP contribution in [0.3, 0.4) is 0 Å². The summed E-state index contributed by atoms with van der Waals surface area (Å²) in [6.45, 7) is 6.00. The monoisotopic (exact) mass is 476 g/mol. The van der Waals surface area contributed by atoms with E-state index in [-0.39, 0.29) is 37.5 Å². The second kappa shape index (κ2) is 12.8. The molecule has 33 heavy (non-hydrogen) atoms. The number of carbonyl (C=O) groups excluding carboxylic acids is 3. The van der Waals surface area contributed by atoms with Crippen molar-refractivity contribution in [1.82, 2.24) is 0 Å². The topological polar surface area (TPSA) is 128 Å². The van der Waals surface area contributed by atoms with Gasteiger partial charge in [-0.1, -0.05) is 23.7 Å². The number of ether oxygens (including phenoxy) is 2. The lowest BCUT2D eigenvalue weighted by molar-refractivity contribution is -0.125. The smallest absolute Gasteiger partial charge is 0.253 e. The molecule has 0 saturated carbocycles. The minimum Gasteiger partial charge on any atom is -0.372 e. The number of anilines is 2. The highest BCUT2D eigenvalue weighted by atomic mass is 35.5. The first-order chi connectivity index (χ1) is 15.9. The summed E-state index contributed by atoms with van der Waals surface area (Å²) in [5.41, 5.74) is 12.6. The number of hydrogen-bond acceptors (Lipinski definition) is 6. The maximum Gasteiger partial charge on any atom is 0.253 e. The fourth-order valence-corrected chi connectivity index (χ4v) is 4.01. The molecule has 2 aliphatic rings. The van der Waals surface area contributed by atoms with E-state index >= 15 is 0 Å². The van der Waals surface area contributed by atoms with Crippen molar-refractivity contribution in [2.45, 2.75) is 26.0 Å². The summed E-state index contributed by atoms with van der Waals surface area (Å²) < 4.78 is 11.2. The summed E-state index contributed by atoms with van der Waals surface area (Å²) in [6, 6.07) is 14.2. The normalized spacial score (nSPS) is 19.7. The molecule has 3 amide bonds. The van der Waals surface area contributed by atoms with Crippen molar-refractivity contribution in [3.63, 3.8) is 0 Å². The zero-order chi connectivity index (χ0) is 24.4. The molecule has 0 aliphatic carbocycles. The highest BCUT2D eigenvalue weighted by Crippen LogP contribution is 2.38. The number of primary amides is 2. The maximum absolute atomic E-state index is 12.2. The van der Waals surface area contributed by atoms with Crippen LogP contribution < -0.4 is 21.3 Å². The first-order valence-corrected chi connectivity index (χ1v) is 10.7. The Labute approximate surface area is 198 Å². The van der Waals surface area contributed by atoms with Crippen LogP contribution in [0.25, 0.3) is 0 Å². The summed E-state index contributed by atoms with van der Waals surface area (Å²) in [5.74, 6) is 0.0115. The standard InChI is InChI=1S/C21H23ClN2O3.2CH3NO/c1-14-11-16(3-8-19(14)23-9-10-26-12-20(23)25)21-15(2)27-13-24(21)18-6-4-17(22)5-7-18;2*2-1-3/h3-8,11,15,21H,9-10,12-13H2,1-2H3;2*1H,(H2,2,3)/t15-,21-;;/m0../s1. The molecule has 2 aromatic rings. The Bertz CT molecular complexity index is 935. The van der Waals surface area contributed by atoms with E-state index in [1.165, 1.54) is 5.56 Å². The van der Waals surface area contributed by atoms with Gasteiger partial charge in [0.2, 0.25) is 12.8 Å². The van der Waals surface area contributed by atoms with Crippen molar-refractivity contribution < 1.29 is 23.9 Å². The van der Waals surface area contributed by atoms with Crippen molar-refractivity contribution in [2.24, 2.45) is 11.5 Å². The van der Waals surface area contributed by atoms with Gasteiger partial charge in [-0.05, 0) is 55.3 Å². The van der Waals surface area contributed by atoms with Crippen LogP contribution in [-0.4, -0.2) is 51.3 Å². The van der Waals surface area contributed by atoms with Crippen molar-refractivity contribution in [2.75, 3.05) is 36.3 Å². The van der Waals surface area contributed by atoms with Gasteiger partial charge in [0.1, 0.15) is 13.3 Å². The SMILES string of the molecule is Cc1cc([C@@H]2[C@H](C)OCN2c2ccc(Cl)cc2)ccc1N1CCOCC1=O.NC=O.NC=O. The Morgan fingerprint density at radius 3 is 2.30 bits per heavy atom. The van der Waals surface area contributed by atoms with Gasteiger partial charge >= 0.3 is 0 Å². The van der Waals surface area contributed by atoms with Gasteiger partial charge in [0.05, 0.1) is 18.8 Å². The number of carbonyl (C=O) groups is 3. The average molecular weight is 477 g/mol. The second-order valence-corrected chi connectivity index (χ2v) is 7.74. The number of rotatable bonds is 3. The van der Waals surface area contributed by atoms with Crippen LogP contribution in [0.1, 0.15) is 24.1 Å². The number of hydrogen-bond donors (Lipinski definition) is 2. The first kappa shape index (κ1) is 26.1. The van der Waals surface area contributed by atoms with E-state index in [2.05, 4.69) is 42.3 Å². The van der Waals surface area contributed by atoms with Gasteiger partial charge in [0.15, 0.2) is 0 Å². The van der Waals surface area contributed by atoms with E-state index in [9.17, 15) is 4.79 Å². The van der Waals surface area contributed by atoms with Crippen molar-refractivity contribution >= 4 is 41.7 Å². The molecule has 0 aromatic heterocycles. The number of halogens is 1. The zero-order valence-corrected chi connectivity index (χ0v) is 19.4. The van der Waals surface area contributed by atoms with Crippen LogP contribution in [0.4, 0.5) is 11.4 Å². The molecular formula is C23H29ClN4O5. The molecule has 9 nitrogen and oxygen atoms in total. The summed E-state index contributed by atoms with van der Waals surface area (Å²) >= 11 is 6.03. The quantitative estimate of drug-likeness (QED) is 0.653. The van der Waals surface area contributed by atoms with E-state index in [1.807, 2.05) is 35.2 Å². The number of benzene rings is 2. The van der Waals surface area contributed by atoms with E-state index < -0.39 is 0 Å². The van der Waals surface area contributed by atoms with Crippen LogP contribution in [-0.2, 0) is 23.9 Å². The zero-order valence-electron chi connectivity index (χ0n) is 18.6. The van der Waals surface area contributed by atoms with Gasteiger partial charge < -0.3 is 30.7 Å². The number of morpholine rings is 1. The average Bonchev–Trinajstić information content (AvgIpc) is 3.17. The Kier molecular flexibility index (Phi) is 10.1. The molecule has 2 aliphatic heterocycles. The number of aryl methyl sites for hydroxylation is 1. The third kappa shape index (κ3) is 6.67. The van der Waals surface area contributed by atoms with Crippen molar-refractivity contribution in [3.05, 3.63) is 58.6 Å². The predicted molar refractivity (Wildman–Crippen MR) is 127 cm³/mol. The molecule has 0 unspecified atom stereocenters. The Hall–Kier alpha value is -3.14.